The van der Waals surface area contributed by atoms with Crippen molar-refractivity contribution in [1.82, 2.24) is 0 Å². The van der Waals surface area contributed by atoms with Crippen LogP contribution < -0.4 is 4.90 Å². The molecule has 0 fully saturated rings. The van der Waals surface area contributed by atoms with Gasteiger partial charge in [-0.1, -0.05) is 97.1 Å². The number of fused-ring (bicyclic) bond motifs is 5. The van der Waals surface area contributed by atoms with E-state index in [2.05, 4.69) is 144 Å². The number of hydrogen-bond acceptors (Lipinski definition) is 2. The zero-order valence-electron chi connectivity index (χ0n) is 19.6. The molecule has 7 aromatic rings. The molecular weight excluding hydrogens is 438 g/mol. The van der Waals surface area contributed by atoms with E-state index in [0.717, 1.165) is 50.0 Å². The summed E-state index contributed by atoms with van der Waals surface area (Å²) >= 11 is 0. The topological polar surface area (TPSA) is 16.4 Å². The summed E-state index contributed by atoms with van der Waals surface area (Å²) in [6.07, 6.45) is 0. The van der Waals surface area contributed by atoms with Crippen molar-refractivity contribution in [2.75, 3.05) is 4.90 Å². The number of rotatable bonds is 4. The summed E-state index contributed by atoms with van der Waals surface area (Å²) in [5.41, 5.74) is 7.41. The van der Waals surface area contributed by atoms with Gasteiger partial charge in [0, 0.05) is 33.6 Å². The molecule has 2 nitrogen and oxygen atoms in total. The Bertz CT molecular complexity index is 1780. The van der Waals surface area contributed by atoms with E-state index in [1.165, 1.54) is 10.9 Å². The molecule has 0 spiro atoms. The van der Waals surface area contributed by atoms with Crippen LogP contribution in [0.15, 0.2) is 144 Å². The van der Waals surface area contributed by atoms with Gasteiger partial charge < -0.3 is 9.32 Å². The molecule has 0 aliphatic rings. The summed E-state index contributed by atoms with van der Waals surface area (Å²) in [4.78, 5) is 2.29. The van der Waals surface area contributed by atoms with Gasteiger partial charge in [-0.25, -0.2) is 0 Å². The van der Waals surface area contributed by atoms with Gasteiger partial charge in [-0.3, -0.25) is 0 Å². The molecular formula is C34H23NO. The highest BCUT2D eigenvalue weighted by Gasteiger charge is 2.20. The fourth-order valence-corrected chi connectivity index (χ4v) is 5.19. The van der Waals surface area contributed by atoms with E-state index < -0.39 is 0 Å². The smallest absolute Gasteiger partial charge is 0.143 e. The lowest BCUT2D eigenvalue weighted by Gasteiger charge is -2.26. The summed E-state index contributed by atoms with van der Waals surface area (Å²) < 4.78 is 6.66. The molecule has 170 valence electrons. The molecule has 0 N–H and O–H groups in total. The average Bonchev–Trinajstić information content (AvgIpc) is 3.34. The van der Waals surface area contributed by atoms with Gasteiger partial charge in [0.25, 0.3) is 0 Å². The lowest BCUT2D eigenvalue weighted by Crippen LogP contribution is -2.09. The minimum absolute atomic E-state index is 0.884. The number of nitrogens with zero attached hydrogens (tertiary/aromatic N) is 1. The fourth-order valence-electron chi connectivity index (χ4n) is 5.19. The van der Waals surface area contributed by atoms with E-state index in [1.807, 2.05) is 0 Å². The molecule has 0 amide bonds. The van der Waals surface area contributed by atoms with Crippen LogP contribution in [0.5, 0.6) is 0 Å². The lowest BCUT2D eigenvalue weighted by molar-refractivity contribution is 0.673. The monoisotopic (exact) mass is 461 g/mol. The molecule has 0 bridgehead atoms. The van der Waals surface area contributed by atoms with E-state index in [-0.39, 0.29) is 0 Å². The molecule has 0 atom stereocenters. The van der Waals surface area contributed by atoms with Crippen molar-refractivity contribution < 1.29 is 4.42 Å². The number of para-hydroxylation sites is 2. The van der Waals surface area contributed by atoms with Crippen molar-refractivity contribution >= 4 is 49.8 Å². The molecule has 0 saturated heterocycles. The van der Waals surface area contributed by atoms with Crippen LogP contribution in [0.25, 0.3) is 43.8 Å². The summed E-state index contributed by atoms with van der Waals surface area (Å²) in [7, 11) is 0. The second-order valence-corrected chi connectivity index (χ2v) is 9.00. The number of anilines is 3. The zero-order valence-corrected chi connectivity index (χ0v) is 19.6. The fraction of sp³-hybridized carbons (Fsp3) is 0. The van der Waals surface area contributed by atoms with Gasteiger partial charge in [0.2, 0.25) is 0 Å². The van der Waals surface area contributed by atoms with Crippen LogP contribution in [-0.2, 0) is 0 Å². The first-order valence-corrected chi connectivity index (χ1v) is 12.2. The van der Waals surface area contributed by atoms with Crippen LogP contribution in [0.4, 0.5) is 17.1 Å². The maximum Gasteiger partial charge on any atom is 0.143 e. The minimum Gasteiger partial charge on any atom is -0.455 e. The molecule has 1 heterocycles. The Balaban J connectivity index is 1.58. The molecule has 0 aliphatic heterocycles. The predicted molar refractivity (Wildman–Crippen MR) is 151 cm³/mol. The Morgan fingerprint density at radius 3 is 1.78 bits per heavy atom. The van der Waals surface area contributed by atoms with Gasteiger partial charge in [-0.05, 0) is 52.9 Å². The van der Waals surface area contributed by atoms with Gasteiger partial charge >= 0.3 is 0 Å². The molecule has 7 rings (SSSR count). The normalized spacial score (nSPS) is 11.3. The van der Waals surface area contributed by atoms with Crippen molar-refractivity contribution in [2.45, 2.75) is 0 Å². The highest BCUT2D eigenvalue weighted by atomic mass is 16.3. The van der Waals surface area contributed by atoms with Crippen LogP contribution in [0, 0.1) is 0 Å². The van der Waals surface area contributed by atoms with Gasteiger partial charge in [0.15, 0.2) is 0 Å². The Morgan fingerprint density at radius 1 is 0.472 bits per heavy atom. The van der Waals surface area contributed by atoms with Gasteiger partial charge in [-0.15, -0.1) is 0 Å². The second-order valence-electron chi connectivity index (χ2n) is 9.00. The molecule has 0 saturated carbocycles. The highest BCUT2D eigenvalue weighted by molar-refractivity contribution is 6.19. The third-order valence-electron chi connectivity index (χ3n) is 6.82. The van der Waals surface area contributed by atoms with E-state index in [1.54, 1.807) is 0 Å². The van der Waals surface area contributed by atoms with Crippen molar-refractivity contribution in [1.29, 1.82) is 0 Å². The maximum absolute atomic E-state index is 6.66. The second kappa shape index (κ2) is 8.44. The van der Waals surface area contributed by atoms with E-state index >= 15 is 0 Å². The molecule has 0 aliphatic carbocycles. The molecule has 2 heteroatoms. The maximum atomic E-state index is 6.66. The highest BCUT2D eigenvalue weighted by Crippen LogP contribution is 2.44. The van der Waals surface area contributed by atoms with Gasteiger partial charge in [-0.2, -0.15) is 0 Å². The van der Waals surface area contributed by atoms with Gasteiger partial charge in [0.05, 0.1) is 5.69 Å². The first kappa shape index (κ1) is 20.5. The molecule has 0 radical (unpaired) electrons. The standard InChI is InChI=1S/C34H23NO/c1-4-12-24(13-5-1)31-22-28(35(26-15-6-2-7-16-26)27-17-8-3-9-18-27)23-32-33(31)30-21-20-25-14-10-11-19-29(25)34(30)36-32/h1-23H. The zero-order chi connectivity index (χ0) is 23.9. The Morgan fingerprint density at radius 2 is 1.08 bits per heavy atom. The minimum atomic E-state index is 0.884. The van der Waals surface area contributed by atoms with E-state index in [9.17, 15) is 0 Å². The first-order chi connectivity index (χ1) is 17.9. The largest absolute Gasteiger partial charge is 0.455 e. The number of benzene rings is 6. The molecule has 1 aromatic heterocycles. The third-order valence-corrected chi connectivity index (χ3v) is 6.82. The van der Waals surface area contributed by atoms with Crippen molar-refractivity contribution in [2.24, 2.45) is 0 Å². The van der Waals surface area contributed by atoms with Crippen LogP contribution in [-0.4, -0.2) is 0 Å². The molecule has 36 heavy (non-hydrogen) atoms. The van der Waals surface area contributed by atoms with Crippen LogP contribution >= 0.6 is 0 Å². The van der Waals surface area contributed by atoms with Crippen molar-refractivity contribution in [3.05, 3.63) is 140 Å². The molecule has 0 unspecified atom stereocenters. The summed E-state index contributed by atoms with van der Waals surface area (Å²) in [6.45, 7) is 0. The van der Waals surface area contributed by atoms with Crippen LogP contribution in [0.1, 0.15) is 0 Å². The van der Waals surface area contributed by atoms with Crippen LogP contribution in [0.2, 0.25) is 0 Å². The summed E-state index contributed by atoms with van der Waals surface area (Å²) in [5, 5.41) is 4.60. The van der Waals surface area contributed by atoms with E-state index in [0.29, 0.717) is 0 Å². The third kappa shape index (κ3) is 3.35. The SMILES string of the molecule is c1ccc(-c2cc(N(c3ccccc3)c3ccccc3)cc3oc4c5ccccc5ccc4c23)cc1. The number of hydrogen-bond donors (Lipinski definition) is 0. The van der Waals surface area contributed by atoms with Crippen molar-refractivity contribution in [3.8, 4) is 11.1 Å². The summed E-state index contributed by atoms with van der Waals surface area (Å²) in [6, 6.07) is 48.9. The van der Waals surface area contributed by atoms with Crippen LogP contribution in [0.3, 0.4) is 0 Å². The van der Waals surface area contributed by atoms with Gasteiger partial charge in [0.1, 0.15) is 11.2 Å². The first-order valence-electron chi connectivity index (χ1n) is 12.2. The summed E-state index contributed by atoms with van der Waals surface area (Å²) in [5.74, 6) is 0. The predicted octanol–water partition coefficient (Wildman–Crippen LogP) is 9.88. The molecule has 6 aromatic carbocycles. The number of furan rings is 1. The Kier molecular flexibility index (Phi) is 4.82. The lowest BCUT2D eigenvalue weighted by atomic mass is 9.97. The van der Waals surface area contributed by atoms with Crippen molar-refractivity contribution in [3.63, 3.8) is 0 Å². The van der Waals surface area contributed by atoms with E-state index in [4.69, 9.17) is 4.42 Å². The quantitative estimate of drug-likeness (QED) is 0.259. The Hall–Kier alpha value is -4.82. The average molecular weight is 462 g/mol. The Labute approximate surface area is 209 Å².